The van der Waals surface area contributed by atoms with Crippen molar-refractivity contribution < 1.29 is 4.79 Å². The number of carbonyl (C=O) groups is 1. The number of benzene rings is 3. The van der Waals surface area contributed by atoms with Gasteiger partial charge in [0.05, 0.1) is 5.69 Å². The van der Waals surface area contributed by atoms with E-state index in [0.717, 1.165) is 66.3 Å². The monoisotopic (exact) mass is 511 g/mol. The van der Waals surface area contributed by atoms with Crippen molar-refractivity contribution in [1.82, 2.24) is 24.6 Å². The molecule has 7 heteroatoms. The van der Waals surface area contributed by atoms with E-state index in [4.69, 9.17) is 0 Å². The number of aromatic nitrogens is 3. The van der Waals surface area contributed by atoms with Gasteiger partial charge in [-0.05, 0) is 48.4 Å². The lowest BCUT2D eigenvalue weighted by Gasteiger charge is -2.34. The van der Waals surface area contributed by atoms with Crippen molar-refractivity contribution in [2.45, 2.75) is 31.2 Å². The van der Waals surface area contributed by atoms with E-state index in [1.807, 2.05) is 23.1 Å². The largest absolute Gasteiger partial charge is 0.336 e. The Bertz CT molecular complexity index is 1330. The molecular weight excluding hydrogens is 478 g/mol. The summed E-state index contributed by atoms with van der Waals surface area (Å²) in [5.41, 5.74) is 5.40. The van der Waals surface area contributed by atoms with Gasteiger partial charge in [-0.2, -0.15) is 0 Å². The van der Waals surface area contributed by atoms with Gasteiger partial charge in [-0.3, -0.25) is 9.36 Å². The summed E-state index contributed by atoms with van der Waals surface area (Å²) in [6.07, 6.45) is 0.714. The number of aryl methyl sites for hydroxylation is 1. The second-order valence-electron chi connectivity index (χ2n) is 9.40. The molecule has 0 atom stereocenters. The number of likely N-dealkylation sites (N-methyl/N-ethyl adjacent to an activating group) is 1. The van der Waals surface area contributed by atoms with Crippen molar-refractivity contribution in [3.05, 3.63) is 107 Å². The molecule has 37 heavy (non-hydrogen) atoms. The summed E-state index contributed by atoms with van der Waals surface area (Å²) in [5, 5.41) is 10.0. The van der Waals surface area contributed by atoms with Gasteiger partial charge < -0.3 is 9.80 Å². The van der Waals surface area contributed by atoms with Crippen LogP contribution in [0.3, 0.4) is 0 Å². The van der Waals surface area contributed by atoms with Gasteiger partial charge in [0.1, 0.15) is 5.82 Å². The number of para-hydroxylation sites is 1. The van der Waals surface area contributed by atoms with Crippen LogP contribution in [0.2, 0.25) is 0 Å². The van der Waals surface area contributed by atoms with Gasteiger partial charge in [-0.1, -0.05) is 79.3 Å². The minimum absolute atomic E-state index is 0.125. The number of nitrogens with zero attached hydrogens (tertiary/aromatic N) is 5. The fraction of sp³-hybridized carbons (Fsp3) is 0.300. The standard InChI is InChI=1S/C30H33N5OS/c1-3-33-17-19-34(20-18-33)29(36)26-15-13-25(14-16-26)22-37-30-32-31-28(21-24-10-5-4-6-11-24)35(30)27-12-8-7-9-23(27)2/h4-16H,3,17-22H2,1-2H3. The summed E-state index contributed by atoms with van der Waals surface area (Å²) in [4.78, 5) is 17.3. The number of hydrogen-bond acceptors (Lipinski definition) is 5. The van der Waals surface area contributed by atoms with Crippen molar-refractivity contribution in [3.63, 3.8) is 0 Å². The van der Waals surface area contributed by atoms with Crippen LogP contribution in [0, 0.1) is 6.92 Å². The van der Waals surface area contributed by atoms with Gasteiger partial charge in [-0.25, -0.2) is 0 Å². The molecule has 1 fully saturated rings. The van der Waals surface area contributed by atoms with Crippen molar-refractivity contribution in [3.8, 4) is 5.69 Å². The maximum absolute atomic E-state index is 13.0. The number of thioether (sulfide) groups is 1. The normalized spacial score (nSPS) is 14.2. The molecule has 0 saturated carbocycles. The highest BCUT2D eigenvalue weighted by Crippen LogP contribution is 2.28. The number of piperazine rings is 1. The van der Waals surface area contributed by atoms with Gasteiger partial charge >= 0.3 is 0 Å². The summed E-state index contributed by atoms with van der Waals surface area (Å²) in [7, 11) is 0. The molecule has 190 valence electrons. The fourth-order valence-electron chi connectivity index (χ4n) is 4.68. The zero-order valence-corrected chi connectivity index (χ0v) is 22.3. The second kappa shape index (κ2) is 11.8. The Hall–Kier alpha value is -3.42. The molecule has 2 heterocycles. The molecule has 1 saturated heterocycles. The van der Waals surface area contributed by atoms with Crippen LogP contribution in [-0.4, -0.2) is 63.2 Å². The minimum Gasteiger partial charge on any atom is -0.336 e. The highest BCUT2D eigenvalue weighted by atomic mass is 32.2. The zero-order chi connectivity index (χ0) is 25.6. The number of carbonyl (C=O) groups excluding carboxylic acids is 1. The summed E-state index contributed by atoms with van der Waals surface area (Å²) < 4.78 is 2.18. The van der Waals surface area contributed by atoms with E-state index in [2.05, 4.69) is 94.2 Å². The van der Waals surface area contributed by atoms with Crippen LogP contribution in [0.5, 0.6) is 0 Å². The molecule has 0 spiro atoms. The van der Waals surface area contributed by atoms with Crippen molar-refractivity contribution >= 4 is 17.7 Å². The number of amides is 1. The zero-order valence-electron chi connectivity index (χ0n) is 21.5. The third kappa shape index (κ3) is 5.95. The molecule has 0 N–H and O–H groups in total. The molecule has 0 unspecified atom stereocenters. The van der Waals surface area contributed by atoms with E-state index < -0.39 is 0 Å². The summed E-state index contributed by atoms with van der Waals surface area (Å²) in [6, 6.07) is 26.8. The Balaban J connectivity index is 1.30. The molecule has 4 aromatic rings. The lowest BCUT2D eigenvalue weighted by molar-refractivity contribution is 0.0643. The first kappa shape index (κ1) is 25.2. The van der Waals surface area contributed by atoms with Crippen molar-refractivity contribution in [2.24, 2.45) is 0 Å². The Morgan fingerprint density at radius 2 is 1.54 bits per heavy atom. The molecule has 0 radical (unpaired) electrons. The molecular formula is C30H33N5OS. The third-order valence-electron chi connectivity index (χ3n) is 6.94. The Kier molecular flexibility index (Phi) is 8.02. The highest BCUT2D eigenvalue weighted by Gasteiger charge is 2.21. The van der Waals surface area contributed by atoms with E-state index in [0.29, 0.717) is 6.42 Å². The lowest BCUT2D eigenvalue weighted by Crippen LogP contribution is -2.48. The maximum Gasteiger partial charge on any atom is 0.253 e. The van der Waals surface area contributed by atoms with Gasteiger partial charge in [0.2, 0.25) is 0 Å². The average molecular weight is 512 g/mol. The minimum atomic E-state index is 0.125. The number of rotatable bonds is 8. The van der Waals surface area contributed by atoms with Gasteiger partial charge in [0.25, 0.3) is 5.91 Å². The molecule has 1 aromatic heterocycles. The fourth-order valence-corrected chi connectivity index (χ4v) is 5.60. The van der Waals surface area contributed by atoms with Crippen molar-refractivity contribution in [2.75, 3.05) is 32.7 Å². The highest BCUT2D eigenvalue weighted by molar-refractivity contribution is 7.98. The predicted octanol–water partition coefficient (Wildman–Crippen LogP) is 5.24. The van der Waals surface area contributed by atoms with Crippen LogP contribution in [0.25, 0.3) is 5.69 Å². The summed E-state index contributed by atoms with van der Waals surface area (Å²) in [6.45, 7) is 8.82. The molecule has 6 nitrogen and oxygen atoms in total. The molecule has 3 aromatic carbocycles. The van der Waals surface area contributed by atoms with Crippen LogP contribution in [0.15, 0.2) is 84.0 Å². The van der Waals surface area contributed by atoms with Crippen LogP contribution < -0.4 is 0 Å². The van der Waals surface area contributed by atoms with E-state index in [1.54, 1.807) is 11.8 Å². The Labute approximate surface area is 223 Å². The van der Waals surface area contributed by atoms with E-state index in [-0.39, 0.29) is 5.91 Å². The van der Waals surface area contributed by atoms with E-state index in [1.165, 1.54) is 11.1 Å². The summed E-state index contributed by atoms with van der Waals surface area (Å²) in [5.74, 6) is 1.80. The van der Waals surface area contributed by atoms with Crippen LogP contribution in [0.4, 0.5) is 0 Å². The molecule has 1 aliphatic heterocycles. The second-order valence-corrected chi connectivity index (χ2v) is 10.3. The maximum atomic E-state index is 13.0. The Morgan fingerprint density at radius 1 is 0.838 bits per heavy atom. The lowest BCUT2D eigenvalue weighted by atomic mass is 10.1. The molecule has 0 aliphatic carbocycles. The topological polar surface area (TPSA) is 54.3 Å². The van der Waals surface area contributed by atoms with E-state index >= 15 is 0 Å². The van der Waals surface area contributed by atoms with Crippen LogP contribution in [0.1, 0.15) is 39.8 Å². The van der Waals surface area contributed by atoms with Gasteiger partial charge in [-0.15, -0.1) is 10.2 Å². The Morgan fingerprint density at radius 3 is 2.24 bits per heavy atom. The van der Waals surface area contributed by atoms with Crippen molar-refractivity contribution in [1.29, 1.82) is 0 Å². The quantitative estimate of drug-likeness (QED) is 0.303. The molecule has 5 rings (SSSR count). The third-order valence-corrected chi connectivity index (χ3v) is 7.94. The first-order valence-electron chi connectivity index (χ1n) is 12.9. The van der Waals surface area contributed by atoms with Gasteiger partial charge in [0.15, 0.2) is 5.16 Å². The summed E-state index contributed by atoms with van der Waals surface area (Å²) >= 11 is 1.67. The smallest absolute Gasteiger partial charge is 0.253 e. The van der Waals surface area contributed by atoms with E-state index in [9.17, 15) is 4.79 Å². The number of hydrogen-bond donors (Lipinski definition) is 0. The molecule has 1 aliphatic rings. The molecule has 0 bridgehead atoms. The SMILES string of the molecule is CCN1CCN(C(=O)c2ccc(CSc3nnc(Cc4ccccc4)n3-c3ccccc3C)cc2)CC1. The first-order valence-corrected chi connectivity index (χ1v) is 13.9. The van der Waals surface area contributed by atoms with Gasteiger partial charge in [0, 0.05) is 43.9 Å². The van der Waals surface area contributed by atoms with Crippen LogP contribution >= 0.6 is 11.8 Å². The van der Waals surface area contributed by atoms with Crippen LogP contribution in [-0.2, 0) is 12.2 Å². The first-order chi connectivity index (χ1) is 18.1. The molecule has 1 amide bonds. The average Bonchev–Trinajstić information content (AvgIpc) is 3.34. The predicted molar refractivity (Wildman–Crippen MR) is 149 cm³/mol.